The van der Waals surface area contributed by atoms with E-state index in [4.69, 9.17) is 11.6 Å². The molecule has 0 unspecified atom stereocenters. The van der Waals surface area contributed by atoms with Gasteiger partial charge in [-0.05, 0) is 31.4 Å². The molecule has 3 rings (SSSR count). The van der Waals surface area contributed by atoms with E-state index in [-0.39, 0.29) is 12.1 Å². The fraction of sp³-hybridized carbons (Fsp3) is 0.357. The predicted molar refractivity (Wildman–Crippen MR) is 77.5 cm³/mol. The molecule has 1 fully saturated rings. The molecule has 0 bridgehead atoms. The number of halogens is 1. The van der Waals surface area contributed by atoms with Gasteiger partial charge in [-0.3, -0.25) is 19.3 Å². The summed E-state index contributed by atoms with van der Waals surface area (Å²) in [5.74, 6) is -0.849. The lowest BCUT2D eigenvalue weighted by Crippen LogP contribution is -2.56. The third-order valence-electron chi connectivity index (χ3n) is 3.90. The van der Waals surface area contributed by atoms with Gasteiger partial charge in [-0.15, -0.1) is 0 Å². The summed E-state index contributed by atoms with van der Waals surface area (Å²) in [7, 11) is 0. The summed E-state index contributed by atoms with van der Waals surface area (Å²) >= 11 is 5.85. The number of hydrogen-bond donors (Lipinski definition) is 2. The zero-order chi connectivity index (χ0) is 15.0. The van der Waals surface area contributed by atoms with Crippen LogP contribution < -0.4 is 10.9 Å². The SMILES string of the molecule is O=C(O)C1(NCc2cc(=O)n3cc(Cl)ccc3n2)CCC1. The fourth-order valence-corrected chi connectivity index (χ4v) is 2.63. The highest BCUT2D eigenvalue weighted by molar-refractivity contribution is 6.30. The van der Waals surface area contributed by atoms with E-state index in [1.54, 1.807) is 12.1 Å². The Morgan fingerprint density at radius 2 is 2.24 bits per heavy atom. The lowest BCUT2D eigenvalue weighted by Gasteiger charge is -2.38. The molecular weight excluding hydrogens is 294 g/mol. The molecule has 21 heavy (non-hydrogen) atoms. The molecule has 2 N–H and O–H groups in total. The van der Waals surface area contributed by atoms with E-state index in [0.29, 0.717) is 29.2 Å². The lowest BCUT2D eigenvalue weighted by molar-refractivity contribution is -0.148. The van der Waals surface area contributed by atoms with Gasteiger partial charge in [0.15, 0.2) is 0 Å². The van der Waals surface area contributed by atoms with Crippen molar-refractivity contribution in [2.75, 3.05) is 0 Å². The molecule has 1 aliphatic carbocycles. The Hall–Kier alpha value is -1.92. The zero-order valence-corrected chi connectivity index (χ0v) is 11.9. The largest absolute Gasteiger partial charge is 0.480 e. The normalized spacial score (nSPS) is 16.6. The lowest BCUT2D eigenvalue weighted by atomic mass is 9.77. The highest BCUT2D eigenvalue weighted by Crippen LogP contribution is 2.32. The molecule has 2 aromatic rings. The number of nitrogens with one attached hydrogen (secondary N) is 1. The van der Waals surface area contributed by atoms with Crippen LogP contribution in [-0.2, 0) is 11.3 Å². The first-order chi connectivity index (χ1) is 10.00. The van der Waals surface area contributed by atoms with E-state index in [1.165, 1.54) is 16.7 Å². The number of carboxylic acid groups (broad SMARTS) is 1. The topological polar surface area (TPSA) is 83.7 Å². The monoisotopic (exact) mass is 307 g/mol. The molecule has 2 heterocycles. The number of hydrogen-bond acceptors (Lipinski definition) is 4. The second-order valence-electron chi connectivity index (χ2n) is 5.26. The maximum atomic E-state index is 12.0. The second kappa shape index (κ2) is 5.13. The van der Waals surface area contributed by atoms with Gasteiger partial charge >= 0.3 is 5.97 Å². The van der Waals surface area contributed by atoms with Crippen molar-refractivity contribution in [3.63, 3.8) is 0 Å². The van der Waals surface area contributed by atoms with Crippen molar-refractivity contribution in [2.45, 2.75) is 31.3 Å². The Morgan fingerprint density at radius 1 is 1.48 bits per heavy atom. The Bertz CT molecular complexity index is 768. The van der Waals surface area contributed by atoms with Crippen molar-refractivity contribution in [2.24, 2.45) is 0 Å². The number of fused-ring (bicyclic) bond motifs is 1. The Morgan fingerprint density at radius 3 is 2.86 bits per heavy atom. The summed E-state index contributed by atoms with van der Waals surface area (Å²) in [6, 6.07) is 4.71. The molecule has 0 radical (unpaired) electrons. The van der Waals surface area contributed by atoms with Gasteiger partial charge in [-0.25, -0.2) is 4.98 Å². The molecule has 1 saturated carbocycles. The highest BCUT2D eigenvalue weighted by atomic mass is 35.5. The van der Waals surface area contributed by atoms with Crippen LogP contribution in [0, 0.1) is 0 Å². The Labute approximate surface area is 125 Å². The molecule has 0 atom stereocenters. The summed E-state index contributed by atoms with van der Waals surface area (Å²) < 4.78 is 1.36. The molecule has 6 nitrogen and oxygen atoms in total. The summed E-state index contributed by atoms with van der Waals surface area (Å²) in [6.45, 7) is 0.251. The fourth-order valence-electron chi connectivity index (χ4n) is 2.47. The molecule has 2 aromatic heterocycles. The van der Waals surface area contributed by atoms with E-state index in [0.717, 1.165) is 6.42 Å². The van der Waals surface area contributed by atoms with Crippen LogP contribution in [0.2, 0.25) is 5.02 Å². The van der Waals surface area contributed by atoms with Crippen molar-refractivity contribution < 1.29 is 9.90 Å². The van der Waals surface area contributed by atoms with Crippen LogP contribution >= 0.6 is 11.6 Å². The van der Waals surface area contributed by atoms with Crippen LogP contribution in [0.15, 0.2) is 29.2 Å². The van der Waals surface area contributed by atoms with E-state index in [2.05, 4.69) is 10.3 Å². The van der Waals surface area contributed by atoms with Gasteiger partial charge in [0, 0.05) is 18.8 Å². The number of aliphatic carboxylic acids is 1. The molecule has 0 aliphatic heterocycles. The Balaban J connectivity index is 1.87. The van der Waals surface area contributed by atoms with Crippen molar-refractivity contribution >= 4 is 23.2 Å². The predicted octanol–water partition coefficient (Wildman–Crippen LogP) is 1.44. The zero-order valence-electron chi connectivity index (χ0n) is 11.2. The van der Waals surface area contributed by atoms with Crippen molar-refractivity contribution in [1.29, 1.82) is 0 Å². The summed E-state index contributed by atoms with van der Waals surface area (Å²) in [4.78, 5) is 27.6. The number of rotatable bonds is 4. The average molecular weight is 308 g/mol. The minimum Gasteiger partial charge on any atom is -0.480 e. The van der Waals surface area contributed by atoms with E-state index < -0.39 is 11.5 Å². The minimum absolute atomic E-state index is 0.239. The van der Waals surface area contributed by atoms with Gasteiger partial charge in [0.1, 0.15) is 11.2 Å². The smallest absolute Gasteiger partial charge is 0.323 e. The number of nitrogens with zero attached hydrogens (tertiary/aromatic N) is 2. The molecule has 0 amide bonds. The van der Waals surface area contributed by atoms with Crippen molar-refractivity contribution in [1.82, 2.24) is 14.7 Å². The van der Waals surface area contributed by atoms with Gasteiger partial charge in [-0.2, -0.15) is 0 Å². The quantitative estimate of drug-likeness (QED) is 0.893. The van der Waals surface area contributed by atoms with E-state index >= 15 is 0 Å². The summed E-state index contributed by atoms with van der Waals surface area (Å²) in [5.41, 5.74) is -0.0962. The first-order valence-electron chi connectivity index (χ1n) is 6.66. The maximum Gasteiger partial charge on any atom is 0.323 e. The summed E-state index contributed by atoms with van der Waals surface area (Å²) in [5, 5.41) is 12.7. The Kier molecular flexibility index (Phi) is 3.43. The first kappa shape index (κ1) is 14.0. The molecule has 0 spiro atoms. The van der Waals surface area contributed by atoms with Gasteiger partial charge in [0.05, 0.1) is 10.7 Å². The van der Waals surface area contributed by atoms with Crippen LogP contribution in [0.4, 0.5) is 0 Å². The van der Waals surface area contributed by atoms with Crippen LogP contribution in [0.25, 0.3) is 5.65 Å². The number of aromatic nitrogens is 2. The van der Waals surface area contributed by atoms with Crippen LogP contribution in [0.1, 0.15) is 25.0 Å². The third-order valence-corrected chi connectivity index (χ3v) is 4.12. The summed E-state index contributed by atoms with van der Waals surface area (Å²) in [6.07, 6.45) is 3.61. The van der Waals surface area contributed by atoms with Crippen LogP contribution in [-0.4, -0.2) is 26.0 Å². The van der Waals surface area contributed by atoms with Gasteiger partial charge in [0.25, 0.3) is 5.56 Å². The maximum absolute atomic E-state index is 12.0. The van der Waals surface area contributed by atoms with Crippen LogP contribution in [0.3, 0.4) is 0 Å². The molecule has 7 heteroatoms. The minimum atomic E-state index is -0.868. The third kappa shape index (κ3) is 2.52. The highest BCUT2D eigenvalue weighted by Gasteiger charge is 2.43. The molecule has 0 aromatic carbocycles. The first-order valence-corrected chi connectivity index (χ1v) is 7.04. The standard InChI is InChI=1S/C14H14ClN3O3/c15-9-2-3-11-17-10(6-12(19)18(11)8-9)7-16-14(13(20)21)4-1-5-14/h2-3,6,8,16H,1,4-5,7H2,(H,20,21). The van der Waals surface area contributed by atoms with Gasteiger partial charge < -0.3 is 5.11 Å². The molecule has 110 valence electrons. The van der Waals surface area contributed by atoms with E-state index in [1.807, 2.05) is 0 Å². The second-order valence-corrected chi connectivity index (χ2v) is 5.69. The van der Waals surface area contributed by atoms with Crippen LogP contribution in [0.5, 0.6) is 0 Å². The van der Waals surface area contributed by atoms with Gasteiger partial charge in [-0.1, -0.05) is 11.6 Å². The molecule has 1 aliphatic rings. The average Bonchev–Trinajstić information content (AvgIpc) is 2.38. The van der Waals surface area contributed by atoms with Gasteiger partial charge in [0.2, 0.25) is 0 Å². The molecular formula is C14H14ClN3O3. The number of carbonyl (C=O) groups is 1. The number of pyridine rings is 1. The number of carboxylic acids is 1. The molecule has 0 saturated heterocycles. The van der Waals surface area contributed by atoms with Crippen molar-refractivity contribution in [3.8, 4) is 0 Å². The van der Waals surface area contributed by atoms with E-state index in [9.17, 15) is 14.7 Å². The van der Waals surface area contributed by atoms with Crippen molar-refractivity contribution in [3.05, 3.63) is 45.5 Å².